The summed E-state index contributed by atoms with van der Waals surface area (Å²) in [4.78, 5) is 37.2. The summed E-state index contributed by atoms with van der Waals surface area (Å²) in [6.07, 6.45) is 47.3. The Morgan fingerprint density at radius 2 is 1.02 bits per heavy atom. The van der Waals surface area contributed by atoms with Crippen LogP contribution >= 0.6 is 7.82 Å². The normalized spacial score (nSPS) is 14.3. The predicted molar refractivity (Wildman–Crippen MR) is 259 cm³/mol. The summed E-state index contributed by atoms with van der Waals surface area (Å²) in [5, 5.41) is 2.99. The lowest BCUT2D eigenvalue weighted by molar-refractivity contribution is -0.870. The highest BCUT2D eigenvalue weighted by Gasteiger charge is 2.30. The highest BCUT2D eigenvalue weighted by molar-refractivity contribution is 7.47. The van der Waals surface area contributed by atoms with Gasteiger partial charge < -0.3 is 19.4 Å². The third-order valence-electron chi connectivity index (χ3n) is 11.1. The van der Waals surface area contributed by atoms with Crippen molar-refractivity contribution < 1.29 is 37.3 Å². The number of ether oxygens (including phenoxy) is 1. The van der Waals surface area contributed by atoms with Gasteiger partial charge in [0.05, 0.1) is 33.8 Å². The van der Waals surface area contributed by atoms with Crippen molar-refractivity contribution in [3.05, 3.63) is 36.5 Å². The molecule has 9 nitrogen and oxygen atoms in total. The molecule has 0 saturated carbocycles. The van der Waals surface area contributed by atoms with Gasteiger partial charge in [-0.15, -0.1) is 0 Å². The van der Waals surface area contributed by atoms with Crippen molar-refractivity contribution >= 4 is 19.7 Å². The van der Waals surface area contributed by atoms with E-state index >= 15 is 0 Å². The van der Waals surface area contributed by atoms with Crippen molar-refractivity contribution in [2.24, 2.45) is 0 Å². The molecule has 0 aromatic carbocycles. The van der Waals surface area contributed by atoms with Crippen molar-refractivity contribution in [3.63, 3.8) is 0 Å². The molecule has 358 valence electrons. The number of phosphoric acid groups is 1. The maximum atomic E-state index is 13.4. The van der Waals surface area contributed by atoms with E-state index in [1.165, 1.54) is 135 Å². The Kier molecular flexibility index (Phi) is 41.0. The van der Waals surface area contributed by atoms with Crippen LogP contribution in [0.1, 0.15) is 226 Å². The molecule has 3 atom stereocenters. The minimum absolute atomic E-state index is 0.0326. The Morgan fingerprint density at radius 3 is 1.51 bits per heavy atom. The fraction of sp³-hybridized carbons (Fsp3) is 0.843. The number of hydrogen-bond acceptors (Lipinski definition) is 6. The highest BCUT2D eigenvalue weighted by Crippen LogP contribution is 2.43. The van der Waals surface area contributed by atoms with Crippen LogP contribution in [-0.4, -0.2) is 74.3 Å². The van der Waals surface area contributed by atoms with E-state index in [9.17, 15) is 19.0 Å². The van der Waals surface area contributed by atoms with E-state index in [0.717, 1.165) is 51.4 Å². The van der Waals surface area contributed by atoms with Crippen molar-refractivity contribution in [1.29, 1.82) is 0 Å². The number of allylic oxidation sites excluding steroid dienone is 5. The maximum absolute atomic E-state index is 13.4. The van der Waals surface area contributed by atoms with E-state index in [1.807, 2.05) is 39.4 Å². The number of likely N-dealkylation sites (N-methyl/N-ethyl adjacent to an activating group) is 1. The third kappa shape index (κ3) is 43.3. The van der Waals surface area contributed by atoms with E-state index < -0.39 is 20.0 Å². The number of nitrogens with zero attached hydrogens (tertiary/aromatic N) is 1. The quantitative estimate of drug-likeness (QED) is 0.0206. The van der Waals surface area contributed by atoms with Crippen molar-refractivity contribution in [3.8, 4) is 0 Å². The molecule has 0 fully saturated rings. The zero-order valence-electron chi connectivity index (χ0n) is 40.7. The van der Waals surface area contributed by atoms with Gasteiger partial charge in [-0.25, -0.2) is 4.57 Å². The van der Waals surface area contributed by atoms with Gasteiger partial charge in [0.1, 0.15) is 19.3 Å². The Morgan fingerprint density at radius 1 is 0.574 bits per heavy atom. The van der Waals surface area contributed by atoms with Crippen LogP contribution in [0.2, 0.25) is 0 Å². The molecule has 0 aromatic rings. The summed E-state index contributed by atoms with van der Waals surface area (Å²) in [5.41, 5.74) is 0. The number of esters is 1. The monoisotopic (exact) mass is 882 g/mol. The second-order valence-corrected chi connectivity index (χ2v) is 19.8. The van der Waals surface area contributed by atoms with Crippen LogP contribution in [0.25, 0.3) is 0 Å². The van der Waals surface area contributed by atoms with Gasteiger partial charge >= 0.3 is 13.8 Å². The Hall–Kier alpha value is -1.77. The number of nitrogens with one attached hydrogen (secondary N) is 1. The van der Waals surface area contributed by atoms with Crippen LogP contribution < -0.4 is 5.32 Å². The van der Waals surface area contributed by atoms with Gasteiger partial charge in [0.25, 0.3) is 0 Å². The predicted octanol–water partition coefficient (Wildman–Crippen LogP) is 14.4. The number of rotatable bonds is 45. The number of amides is 1. The number of hydrogen-bond donors (Lipinski definition) is 2. The van der Waals surface area contributed by atoms with Gasteiger partial charge in [0, 0.05) is 12.8 Å². The molecule has 0 saturated heterocycles. The number of carbonyl (C=O) groups excluding carboxylic acids is 2. The summed E-state index contributed by atoms with van der Waals surface area (Å²) in [6.45, 7) is 6.93. The first-order valence-corrected chi connectivity index (χ1v) is 26.8. The Bertz CT molecular complexity index is 1150. The molecule has 0 bridgehead atoms. The maximum Gasteiger partial charge on any atom is 0.472 e. The van der Waals surface area contributed by atoms with Crippen LogP contribution in [0, 0.1) is 0 Å². The zero-order valence-corrected chi connectivity index (χ0v) is 41.6. The van der Waals surface area contributed by atoms with E-state index in [2.05, 4.69) is 44.3 Å². The second-order valence-electron chi connectivity index (χ2n) is 18.3. The van der Waals surface area contributed by atoms with Crippen molar-refractivity contribution in [2.75, 3.05) is 40.9 Å². The molecule has 0 heterocycles. The fourth-order valence-corrected chi connectivity index (χ4v) is 7.84. The largest absolute Gasteiger partial charge is 0.472 e. The van der Waals surface area contributed by atoms with E-state index in [4.69, 9.17) is 13.8 Å². The second kappa shape index (κ2) is 42.2. The summed E-state index contributed by atoms with van der Waals surface area (Å²) >= 11 is 0. The van der Waals surface area contributed by atoms with Crippen LogP contribution in [0.3, 0.4) is 0 Å². The molecule has 0 spiro atoms. The van der Waals surface area contributed by atoms with E-state index in [0.29, 0.717) is 17.4 Å². The molecule has 0 aliphatic carbocycles. The van der Waals surface area contributed by atoms with Gasteiger partial charge in [0.15, 0.2) is 0 Å². The summed E-state index contributed by atoms with van der Waals surface area (Å²) in [5.74, 6) is -0.582. The van der Waals surface area contributed by atoms with Gasteiger partial charge in [-0.3, -0.25) is 18.6 Å². The first-order chi connectivity index (χ1) is 29.4. The summed E-state index contributed by atoms with van der Waals surface area (Å²) in [6, 6.07) is -0.871. The number of unbranched alkanes of at least 4 members (excludes halogenated alkanes) is 25. The average molecular weight is 882 g/mol. The Labute approximate surface area is 376 Å². The lowest BCUT2D eigenvalue weighted by atomic mass is 10.1. The molecular weight excluding hydrogens is 784 g/mol. The minimum atomic E-state index is -4.44. The smallest absolute Gasteiger partial charge is 0.456 e. The third-order valence-corrected chi connectivity index (χ3v) is 12.1. The van der Waals surface area contributed by atoms with Crippen molar-refractivity contribution in [1.82, 2.24) is 5.32 Å². The van der Waals surface area contributed by atoms with E-state index in [-0.39, 0.29) is 37.9 Å². The molecule has 0 radical (unpaired) electrons. The Balaban J connectivity index is 5.52. The molecule has 1 amide bonds. The molecule has 2 N–H and O–H groups in total. The van der Waals surface area contributed by atoms with Gasteiger partial charge in [0.2, 0.25) is 5.91 Å². The number of phosphoric ester groups is 1. The van der Waals surface area contributed by atoms with Crippen molar-refractivity contribution in [2.45, 2.75) is 238 Å². The lowest BCUT2D eigenvalue weighted by Gasteiger charge is -2.27. The van der Waals surface area contributed by atoms with E-state index in [1.54, 1.807) is 0 Å². The molecule has 61 heavy (non-hydrogen) atoms. The standard InChI is InChI=1S/C51H97N2O7P/c1-7-10-13-16-19-22-25-26-29-31-34-37-40-43-50(54)52-48(47-59-61(56,57)58-46-45-53(4,5)6)49(42-39-36-33-30-27-23-20-17-14-11-8-2)60-51(55)44-41-38-35-32-28-24-21-18-15-12-9-3/h26,29,34,37,39,42,48-49H,7-25,27-28,30-33,35-36,38,40-41,43-47H2,1-6H3,(H-,52,54,56,57)/p+1/b29-26-,37-34+,42-39+. The van der Waals surface area contributed by atoms with Crippen LogP contribution in [0.5, 0.6) is 0 Å². The van der Waals surface area contributed by atoms with Crippen LogP contribution in [0.15, 0.2) is 36.5 Å². The highest BCUT2D eigenvalue weighted by atomic mass is 31.2. The van der Waals surface area contributed by atoms with Crippen LogP contribution in [0.4, 0.5) is 0 Å². The molecule has 0 rings (SSSR count). The van der Waals surface area contributed by atoms with Crippen LogP contribution in [-0.2, 0) is 27.9 Å². The van der Waals surface area contributed by atoms with Gasteiger partial charge in [-0.1, -0.05) is 199 Å². The lowest BCUT2D eigenvalue weighted by Crippen LogP contribution is -2.47. The molecule has 0 aromatic heterocycles. The average Bonchev–Trinajstić information content (AvgIpc) is 3.21. The minimum Gasteiger partial charge on any atom is -0.456 e. The van der Waals surface area contributed by atoms with Gasteiger partial charge in [-0.05, 0) is 51.0 Å². The fourth-order valence-electron chi connectivity index (χ4n) is 7.11. The van der Waals surface area contributed by atoms with Gasteiger partial charge in [-0.2, -0.15) is 0 Å². The zero-order chi connectivity index (χ0) is 45.1. The molecule has 0 aliphatic rings. The molecule has 0 aliphatic heterocycles. The SMILES string of the molecule is CCCCCCCC/C=C\C/C=C/CCC(=O)NC(COP(=O)(O)OCC[N+](C)(C)C)C(/C=C/CCCCCCCCCCC)OC(=O)CCCCCCCCCCCCC. The first kappa shape index (κ1) is 59.2. The first-order valence-electron chi connectivity index (χ1n) is 25.3. The molecule has 10 heteroatoms. The molecular formula is C51H98N2O7P+. The summed E-state index contributed by atoms with van der Waals surface area (Å²) < 4.78 is 30.4. The number of quaternary nitrogens is 1. The summed E-state index contributed by atoms with van der Waals surface area (Å²) in [7, 11) is 1.47. The topological polar surface area (TPSA) is 111 Å². The number of carbonyl (C=O) groups is 2. The molecule has 3 unspecified atom stereocenters.